The van der Waals surface area contributed by atoms with Crippen LogP contribution in [0, 0.1) is 0 Å². The smallest absolute Gasteiger partial charge is 0.411 e. The lowest BCUT2D eigenvalue weighted by Crippen LogP contribution is -2.12. The SMILES string of the molecule is COC(=O)Nc1ccc2c(c1)NCCCCCC[C@H](N)c1nc-2c[nH]1. The van der Waals surface area contributed by atoms with E-state index in [0.29, 0.717) is 5.69 Å². The maximum absolute atomic E-state index is 11.4. The third-order valence-corrected chi connectivity index (χ3v) is 4.43. The van der Waals surface area contributed by atoms with Crippen molar-refractivity contribution in [2.45, 2.75) is 38.1 Å². The average molecular weight is 343 g/mol. The molecule has 2 aromatic rings. The summed E-state index contributed by atoms with van der Waals surface area (Å²) in [5.41, 5.74) is 9.67. The lowest BCUT2D eigenvalue weighted by molar-refractivity contribution is 0.187. The Balaban J connectivity index is 1.92. The lowest BCUT2D eigenvalue weighted by Gasteiger charge is -2.13. The topological polar surface area (TPSA) is 105 Å². The van der Waals surface area contributed by atoms with E-state index in [1.165, 1.54) is 13.5 Å². The van der Waals surface area contributed by atoms with Gasteiger partial charge in [0.2, 0.25) is 0 Å². The number of nitrogens with one attached hydrogen (secondary N) is 3. The summed E-state index contributed by atoms with van der Waals surface area (Å²) in [4.78, 5) is 19.3. The first-order chi connectivity index (χ1) is 12.2. The number of imidazole rings is 1. The van der Waals surface area contributed by atoms with Crippen LogP contribution in [0.1, 0.15) is 44.0 Å². The molecule has 1 amide bonds. The maximum Gasteiger partial charge on any atom is 0.411 e. The molecule has 1 aliphatic rings. The van der Waals surface area contributed by atoms with E-state index in [1.54, 1.807) is 0 Å². The van der Waals surface area contributed by atoms with Gasteiger partial charge in [0.25, 0.3) is 0 Å². The third-order valence-electron chi connectivity index (χ3n) is 4.43. The number of methoxy groups -OCH3 is 1. The van der Waals surface area contributed by atoms with Crippen LogP contribution in [-0.2, 0) is 4.74 Å². The van der Waals surface area contributed by atoms with E-state index in [1.807, 2.05) is 24.4 Å². The molecule has 0 saturated heterocycles. The first-order valence-electron chi connectivity index (χ1n) is 8.71. The molecule has 1 aromatic carbocycles. The third kappa shape index (κ3) is 4.30. The number of benzene rings is 1. The van der Waals surface area contributed by atoms with Gasteiger partial charge in [0.1, 0.15) is 5.82 Å². The van der Waals surface area contributed by atoms with E-state index in [0.717, 1.165) is 55.0 Å². The van der Waals surface area contributed by atoms with Crippen molar-refractivity contribution in [1.82, 2.24) is 9.97 Å². The quantitative estimate of drug-likeness (QED) is 0.633. The fraction of sp³-hybridized carbons (Fsp3) is 0.444. The molecule has 134 valence electrons. The number of hydrogen-bond donors (Lipinski definition) is 4. The molecule has 3 rings (SSSR count). The Bertz CT molecular complexity index is 728. The van der Waals surface area contributed by atoms with Crippen molar-refractivity contribution in [2.24, 2.45) is 5.73 Å². The highest BCUT2D eigenvalue weighted by molar-refractivity contribution is 5.87. The summed E-state index contributed by atoms with van der Waals surface area (Å²) in [7, 11) is 1.35. The summed E-state index contributed by atoms with van der Waals surface area (Å²) in [6, 6.07) is 5.62. The molecule has 0 spiro atoms. The summed E-state index contributed by atoms with van der Waals surface area (Å²) < 4.78 is 4.66. The summed E-state index contributed by atoms with van der Waals surface area (Å²) in [6.45, 7) is 0.873. The highest BCUT2D eigenvalue weighted by atomic mass is 16.5. The lowest BCUT2D eigenvalue weighted by atomic mass is 10.1. The molecule has 0 fully saturated rings. The molecule has 7 heteroatoms. The van der Waals surface area contributed by atoms with Gasteiger partial charge in [-0.05, 0) is 31.0 Å². The molecule has 0 unspecified atom stereocenters. The van der Waals surface area contributed by atoms with E-state index in [9.17, 15) is 4.79 Å². The van der Waals surface area contributed by atoms with Gasteiger partial charge < -0.3 is 20.8 Å². The number of anilines is 2. The van der Waals surface area contributed by atoms with Crippen LogP contribution in [0.4, 0.5) is 16.2 Å². The Kier molecular flexibility index (Phi) is 5.55. The molecule has 0 aliphatic carbocycles. The number of nitrogens with zero attached hydrogens (tertiary/aromatic N) is 1. The van der Waals surface area contributed by atoms with Gasteiger partial charge in [-0.2, -0.15) is 0 Å². The summed E-state index contributed by atoms with van der Waals surface area (Å²) in [6.07, 6.45) is 6.87. The van der Waals surface area contributed by atoms with Gasteiger partial charge >= 0.3 is 6.09 Å². The van der Waals surface area contributed by atoms with Crippen LogP contribution >= 0.6 is 0 Å². The number of carbonyl (C=O) groups is 1. The standard InChI is InChI=1S/C18H25N5O2/c1-25-18(24)22-12-7-8-13-15(10-12)20-9-5-3-2-4-6-14(19)17-21-11-16(13)23-17/h7-8,10-11,14,20H,2-6,9,19H2,1H3,(H,21,23)(H,22,24)/t14-/m0/s1. The number of carbonyl (C=O) groups excluding carboxylic acids is 1. The van der Waals surface area contributed by atoms with Crippen molar-refractivity contribution in [3.8, 4) is 11.3 Å². The first-order valence-corrected chi connectivity index (χ1v) is 8.71. The molecule has 7 nitrogen and oxygen atoms in total. The zero-order chi connectivity index (χ0) is 17.6. The fourth-order valence-corrected chi connectivity index (χ4v) is 3.03. The Morgan fingerprint density at radius 2 is 2.16 bits per heavy atom. The Labute approximate surface area is 147 Å². The molecule has 1 aliphatic heterocycles. The van der Waals surface area contributed by atoms with E-state index < -0.39 is 6.09 Å². The minimum absolute atomic E-state index is 0.0637. The van der Waals surface area contributed by atoms with Crippen molar-refractivity contribution in [3.05, 3.63) is 30.2 Å². The molecule has 1 atom stereocenters. The molecule has 0 saturated carbocycles. The van der Waals surface area contributed by atoms with Crippen molar-refractivity contribution in [3.63, 3.8) is 0 Å². The second-order valence-electron chi connectivity index (χ2n) is 6.28. The van der Waals surface area contributed by atoms with Gasteiger partial charge in [-0.1, -0.05) is 19.3 Å². The van der Waals surface area contributed by atoms with E-state index >= 15 is 0 Å². The summed E-state index contributed by atoms with van der Waals surface area (Å²) in [5, 5.41) is 6.16. The van der Waals surface area contributed by atoms with E-state index in [4.69, 9.17) is 5.73 Å². The number of nitrogens with two attached hydrogens (primary N) is 1. The minimum Gasteiger partial charge on any atom is -0.453 e. The minimum atomic E-state index is -0.488. The average Bonchev–Trinajstić information content (AvgIpc) is 3.10. The summed E-state index contributed by atoms with van der Waals surface area (Å²) in [5.74, 6) is 0.817. The number of hydrogen-bond acceptors (Lipinski definition) is 5. The Hall–Kier alpha value is -2.54. The number of fused-ring (bicyclic) bond motifs is 4. The predicted octanol–water partition coefficient (Wildman–Crippen LogP) is 3.63. The molecule has 25 heavy (non-hydrogen) atoms. The van der Waals surface area contributed by atoms with Crippen LogP contribution < -0.4 is 16.4 Å². The van der Waals surface area contributed by atoms with E-state index in [-0.39, 0.29) is 6.04 Å². The second kappa shape index (κ2) is 8.02. The van der Waals surface area contributed by atoms with Crippen LogP contribution in [0.15, 0.2) is 24.4 Å². The van der Waals surface area contributed by atoms with Crippen LogP contribution in [0.3, 0.4) is 0 Å². The molecule has 2 bridgehead atoms. The van der Waals surface area contributed by atoms with Gasteiger partial charge in [0.05, 0.1) is 18.8 Å². The van der Waals surface area contributed by atoms with Crippen molar-refractivity contribution in [2.75, 3.05) is 24.3 Å². The van der Waals surface area contributed by atoms with Gasteiger partial charge in [0.15, 0.2) is 0 Å². The normalized spacial score (nSPS) is 17.9. The molecule has 1 aromatic heterocycles. The number of ether oxygens (including phenoxy) is 1. The Morgan fingerprint density at radius 3 is 3.00 bits per heavy atom. The Morgan fingerprint density at radius 1 is 1.32 bits per heavy atom. The first kappa shape index (κ1) is 17.3. The van der Waals surface area contributed by atoms with Gasteiger partial charge in [-0.25, -0.2) is 9.78 Å². The fourth-order valence-electron chi connectivity index (χ4n) is 3.03. The zero-order valence-corrected chi connectivity index (χ0v) is 14.5. The maximum atomic E-state index is 11.4. The molecule has 2 heterocycles. The van der Waals surface area contributed by atoms with Crippen LogP contribution in [-0.4, -0.2) is 29.7 Å². The van der Waals surface area contributed by atoms with Crippen LogP contribution in [0.5, 0.6) is 0 Å². The number of rotatable bonds is 1. The van der Waals surface area contributed by atoms with Crippen molar-refractivity contribution in [1.29, 1.82) is 0 Å². The zero-order valence-electron chi connectivity index (χ0n) is 14.5. The van der Waals surface area contributed by atoms with Crippen LogP contribution in [0.25, 0.3) is 11.3 Å². The highest BCUT2D eigenvalue weighted by Gasteiger charge is 2.15. The predicted molar refractivity (Wildman–Crippen MR) is 98.6 cm³/mol. The summed E-state index contributed by atoms with van der Waals surface area (Å²) >= 11 is 0. The largest absolute Gasteiger partial charge is 0.453 e. The second-order valence-corrected chi connectivity index (χ2v) is 6.28. The molecular formula is C18H25N5O2. The van der Waals surface area contributed by atoms with Gasteiger partial charge in [0, 0.05) is 29.7 Å². The van der Waals surface area contributed by atoms with Gasteiger partial charge in [-0.15, -0.1) is 0 Å². The number of amides is 1. The molecule has 0 radical (unpaired) electrons. The van der Waals surface area contributed by atoms with Crippen molar-refractivity contribution >= 4 is 17.5 Å². The van der Waals surface area contributed by atoms with Gasteiger partial charge in [-0.3, -0.25) is 5.32 Å². The molecular weight excluding hydrogens is 318 g/mol. The molecule has 5 N–H and O–H groups in total. The number of H-pyrrole nitrogens is 1. The van der Waals surface area contributed by atoms with Crippen molar-refractivity contribution < 1.29 is 9.53 Å². The van der Waals surface area contributed by atoms with E-state index in [2.05, 4.69) is 25.3 Å². The monoisotopic (exact) mass is 343 g/mol. The number of aromatic nitrogens is 2. The number of aromatic amines is 1. The van der Waals surface area contributed by atoms with Crippen LogP contribution in [0.2, 0.25) is 0 Å². The highest BCUT2D eigenvalue weighted by Crippen LogP contribution is 2.31.